The number of unbranched alkanes of at least 4 members (excludes halogenated alkanes) is 3. The molecule has 0 aliphatic rings. The smallest absolute Gasteiger partial charge is 0.106 e. The van der Waals surface area contributed by atoms with Crippen LogP contribution in [0.1, 0.15) is 38.2 Å². The molecule has 1 heterocycles. The van der Waals surface area contributed by atoms with Crippen LogP contribution in [0.15, 0.2) is 69.9 Å². The molecule has 28 heavy (non-hydrogen) atoms. The van der Waals surface area contributed by atoms with Crippen LogP contribution in [0.4, 0.5) is 0 Å². The predicted molar refractivity (Wildman–Crippen MR) is 124 cm³/mol. The van der Waals surface area contributed by atoms with Crippen LogP contribution in [0, 0.1) is 0 Å². The molecule has 146 valence electrons. The average Bonchev–Trinajstić information content (AvgIpc) is 2.71. The van der Waals surface area contributed by atoms with E-state index in [1.54, 1.807) is 0 Å². The summed E-state index contributed by atoms with van der Waals surface area (Å²) in [6.07, 6.45) is 6.82. The number of halogens is 2. The largest absolute Gasteiger partial charge is 0.377 e. The molecule has 0 spiro atoms. The molecule has 0 bridgehead atoms. The van der Waals surface area contributed by atoms with Gasteiger partial charge in [-0.05, 0) is 68.9 Å². The van der Waals surface area contributed by atoms with Gasteiger partial charge in [-0.15, -0.1) is 0 Å². The van der Waals surface area contributed by atoms with E-state index >= 15 is 0 Å². The standard InChI is InChI=1S/C24H25Br2NO/c1-2-3-4-5-12-28-17-18-13-22(15-23(25)14-18)20-8-6-19(7-9-20)21-10-11-24(26)27-16-21/h6-11,13-16H,2-5,12,17H2,1H3. The van der Waals surface area contributed by atoms with Gasteiger partial charge in [0.1, 0.15) is 4.60 Å². The lowest BCUT2D eigenvalue weighted by Gasteiger charge is -2.09. The van der Waals surface area contributed by atoms with Crippen LogP contribution in [-0.2, 0) is 11.3 Å². The summed E-state index contributed by atoms with van der Waals surface area (Å²) in [6.45, 7) is 3.71. The van der Waals surface area contributed by atoms with Crippen molar-refractivity contribution in [2.75, 3.05) is 6.61 Å². The summed E-state index contributed by atoms with van der Waals surface area (Å²) in [5.74, 6) is 0. The molecule has 1 aromatic heterocycles. The summed E-state index contributed by atoms with van der Waals surface area (Å²) in [7, 11) is 0. The third kappa shape index (κ3) is 6.26. The molecule has 3 rings (SSSR count). The highest BCUT2D eigenvalue weighted by Crippen LogP contribution is 2.28. The van der Waals surface area contributed by atoms with Crippen LogP contribution < -0.4 is 0 Å². The monoisotopic (exact) mass is 501 g/mol. The highest BCUT2D eigenvalue weighted by Gasteiger charge is 2.05. The third-order valence-electron chi connectivity index (χ3n) is 4.65. The maximum atomic E-state index is 5.87. The van der Waals surface area contributed by atoms with Gasteiger partial charge in [0.05, 0.1) is 6.61 Å². The first-order valence-corrected chi connectivity index (χ1v) is 11.3. The van der Waals surface area contributed by atoms with Crippen molar-refractivity contribution in [2.24, 2.45) is 0 Å². The van der Waals surface area contributed by atoms with Crippen LogP contribution in [-0.4, -0.2) is 11.6 Å². The molecule has 2 nitrogen and oxygen atoms in total. The van der Waals surface area contributed by atoms with Gasteiger partial charge in [-0.3, -0.25) is 0 Å². The van der Waals surface area contributed by atoms with Gasteiger partial charge in [0.25, 0.3) is 0 Å². The molecule has 3 aromatic rings. The van der Waals surface area contributed by atoms with Crippen LogP contribution >= 0.6 is 31.9 Å². The zero-order chi connectivity index (χ0) is 19.8. The normalized spacial score (nSPS) is 11.0. The van der Waals surface area contributed by atoms with Crippen molar-refractivity contribution in [3.05, 3.63) is 75.4 Å². The molecule has 0 radical (unpaired) electrons. The molecule has 2 aromatic carbocycles. The van der Waals surface area contributed by atoms with E-state index in [-0.39, 0.29) is 0 Å². The zero-order valence-corrected chi connectivity index (χ0v) is 19.3. The Hall–Kier alpha value is -1.49. The molecule has 0 unspecified atom stereocenters. The number of benzene rings is 2. The Morgan fingerprint density at radius 2 is 1.50 bits per heavy atom. The fraction of sp³-hybridized carbons (Fsp3) is 0.292. The number of aromatic nitrogens is 1. The maximum absolute atomic E-state index is 5.87. The second-order valence-corrected chi connectivity index (χ2v) is 8.64. The SMILES string of the molecule is CCCCCCOCc1cc(Br)cc(-c2ccc(-c3ccc(Br)nc3)cc2)c1. The number of pyridine rings is 1. The molecule has 0 saturated heterocycles. The Kier molecular flexibility index (Phi) is 8.26. The van der Waals surface area contributed by atoms with Crippen molar-refractivity contribution >= 4 is 31.9 Å². The predicted octanol–water partition coefficient (Wildman–Crippen LogP) is 8.04. The molecule has 0 aliphatic heterocycles. The number of hydrogen-bond donors (Lipinski definition) is 0. The lowest BCUT2D eigenvalue weighted by Crippen LogP contribution is -1.96. The van der Waals surface area contributed by atoms with Crippen molar-refractivity contribution < 1.29 is 4.74 Å². The van der Waals surface area contributed by atoms with Crippen molar-refractivity contribution in [3.63, 3.8) is 0 Å². The van der Waals surface area contributed by atoms with Crippen LogP contribution in [0.5, 0.6) is 0 Å². The van der Waals surface area contributed by atoms with Gasteiger partial charge in [-0.1, -0.05) is 72.4 Å². The summed E-state index contributed by atoms with van der Waals surface area (Å²) < 4.78 is 7.80. The number of nitrogens with zero attached hydrogens (tertiary/aromatic N) is 1. The van der Waals surface area contributed by atoms with E-state index in [4.69, 9.17) is 4.74 Å². The maximum Gasteiger partial charge on any atom is 0.106 e. The first kappa shape index (κ1) is 21.2. The number of rotatable bonds is 9. The first-order valence-electron chi connectivity index (χ1n) is 9.75. The van der Waals surface area contributed by atoms with Crippen molar-refractivity contribution in [1.29, 1.82) is 0 Å². The van der Waals surface area contributed by atoms with E-state index in [1.165, 1.54) is 36.0 Å². The minimum atomic E-state index is 0.654. The summed E-state index contributed by atoms with van der Waals surface area (Å²) in [5.41, 5.74) is 5.86. The van der Waals surface area contributed by atoms with E-state index in [0.717, 1.165) is 33.2 Å². The highest BCUT2D eigenvalue weighted by atomic mass is 79.9. The molecular formula is C24H25Br2NO. The Balaban J connectivity index is 1.67. The molecule has 4 heteroatoms. The van der Waals surface area contributed by atoms with Gasteiger partial charge in [-0.2, -0.15) is 0 Å². The minimum Gasteiger partial charge on any atom is -0.377 e. The van der Waals surface area contributed by atoms with E-state index in [1.807, 2.05) is 12.3 Å². The first-order chi connectivity index (χ1) is 13.7. The fourth-order valence-electron chi connectivity index (χ4n) is 3.12. The summed E-state index contributed by atoms with van der Waals surface area (Å²) >= 11 is 7.02. The van der Waals surface area contributed by atoms with E-state index in [2.05, 4.69) is 92.3 Å². The minimum absolute atomic E-state index is 0.654. The zero-order valence-electron chi connectivity index (χ0n) is 16.1. The summed E-state index contributed by atoms with van der Waals surface area (Å²) in [5, 5.41) is 0. The molecule has 0 atom stereocenters. The quantitative estimate of drug-likeness (QED) is 0.218. The topological polar surface area (TPSA) is 22.1 Å². The second kappa shape index (κ2) is 10.9. The lowest BCUT2D eigenvalue weighted by atomic mass is 10.00. The molecule has 0 amide bonds. The molecule has 0 aliphatic carbocycles. The van der Waals surface area contributed by atoms with Gasteiger partial charge in [0.2, 0.25) is 0 Å². The highest BCUT2D eigenvalue weighted by molar-refractivity contribution is 9.10. The van der Waals surface area contributed by atoms with E-state index in [0.29, 0.717) is 6.61 Å². The number of ether oxygens (including phenoxy) is 1. The molecule has 0 fully saturated rings. The Morgan fingerprint density at radius 1 is 0.786 bits per heavy atom. The molecule has 0 saturated carbocycles. The fourth-order valence-corrected chi connectivity index (χ4v) is 3.90. The van der Waals surface area contributed by atoms with Crippen molar-refractivity contribution in [1.82, 2.24) is 4.98 Å². The Bertz CT molecular complexity index is 876. The van der Waals surface area contributed by atoms with Gasteiger partial charge >= 0.3 is 0 Å². The molecular weight excluding hydrogens is 478 g/mol. The van der Waals surface area contributed by atoms with Gasteiger partial charge in [0.15, 0.2) is 0 Å². The summed E-state index contributed by atoms with van der Waals surface area (Å²) in [4.78, 5) is 4.31. The average molecular weight is 503 g/mol. The van der Waals surface area contributed by atoms with Crippen molar-refractivity contribution in [3.8, 4) is 22.3 Å². The summed E-state index contributed by atoms with van der Waals surface area (Å²) in [6, 6.07) is 19.2. The van der Waals surface area contributed by atoms with Crippen molar-refractivity contribution in [2.45, 2.75) is 39.2 Å². The van der Waals surface area contributed by atoms with Gasteiger partial charge in [-0.25, -0.2) is 4.98 Å². The van der Waals surface area contributed by atoms with E-state index in [9.17, 15) is 0 Å². The Morgan fingerprint density at radius 3 is 2.18 bits per heavy atom. The Labute approximate surface area is 184 Å². The third-order valence-corrected chi connectivity index (χ3v) is 5.57. The van der Waals surface area contributed by atoms with Crippen LogP contribution in [0.2, 0.25) is 0 Å². The van der Waals surface area contributed by atoms with Crippen LogP contribution in [0.25, 0.3) is 22.3 Å². The lowest BCUT2D eigenvalue weighted by molar-refractivity contribution is 0.117. The van der Waals surface area contributed by atoms with Gasteiger partial charge < -0.3 is 4.74 Å². The van der Waals surface area contributed by atoms with Crippen LogP contribution in [0.3, 0.4) is 0 Å². The van der Waals surface area contributed by atoms with Gasteiger partial charge in [0, 0.05) is 22.8 Å². The number of hydrogen-bond acceptors (Lipinski definition) is 2. The van der Waals surface area contributed by atoms with E-state index < -0.39 is 0 Å². The molecule has 0 N–H and O–H groups in total. The second-order valence-electron chi connectivity index (χ2n) is 6.91.